The third-order valence-corrected chi connectivity index (χ3v) is 0.349. The Hall–Kier alpha value is 0.937. The minimum absolute atomic E-state index is 0. The van der Waals surface area contributed by atoms with Crippen LogP contribution in [-0.2, 0) is 51.7 Å². The van der Waals surface area contributed by atoms with Crippen molar-refractivity contribution in [2.45, 2.75) is 0 Å². The van der Waals surface area contributed by atoms with E-state index in [0.717, 1.165) is 0 Å². The Bertz CT molecular complexity index is 116. The van der Waals surface area contributed by atoms with Gasteiger partial charge < -0.3 is 21.7 Å². The van der Waals surface area contributed by atoms with Crippen LogP contribution in [0.2, 0.25) is 0 Å². The van der Waals surface area contributed by atoms with Gasteiger partial charge >= 0.3 is 11.9 Å². The van der Waals surface area contributed by atoms with E-state index in [0.29, 0.717) is 0 Å². The molecule has 86 valence electrons. The summed E-state index contributed by atoms with van der Waals surface area (Å²) in [5.41, 5.74) is 9.14. The maximum absolute atomic E-state index is 9.24. The van der Waals surface area contributed by atoms with Crippen LogP contribution in [0.25, 0.3) is 0 Å². The van der Waals surface area contributed by atoms with Gasteiger partial charge in [0.05, 0.1) is 13.1 Å². The standard InChI is InChI=1S/2C2H5NO2.2Mo.H2S2/c2*3-1-2(4)5;;;1-2/h2*1,3H2,(H,4,5);;;1-2H. The number of aliphatic carboxylic acids is 2. The summed E-state index contributed by atoms with van der Waals surface area (Å²) in [5.74, 6) is -1.94. The molecule has 0 bridgehead atoms. The van der Waals surface area contributed by atoms with Crippen LogP contribution in [0, 0.1) is 0 Å². The number of hydrogen-bond donors (Lipinski definition) is 6. The number of nitrogens with two attached hydrogens (primary N) is 2. The molecule has 0 amide bonds. The third kappa shape index (κ3) is 75.6. The first-order chi connectivity index (χ1) is 5.54. The van der Waals surface area contributed by atoms with E-state index in [1.54, 1.807) is 0 Å². The van der Waals surface area contributed by atoms with Crippen LogP contribution in [0.3, 0.4) is 0 Å². The predicted octanol–water partition coefficient (Wildman–Crippen LogP) is -1.18. The Morgan fingerprint density at radius 1 is 0.929 bits per heavy atom. The average Bonchev–Trinajstić information content (AvgIpc) is 2.09. The molecule has 0 saturated carbocycles. The fourth-order valence-corrected chi connectivity index (χ4v) is 0. The van der Waals surface area contributed by atoms with E-state index < -0.39 is 11.9 Å². The molecule has 0 saturated heterocycles. The molecule has 0 aromatic carbocycles. The minimum Gasteiger partial charge on any atom is -0.480 e. The molecule has 0 aliphatic carbocycles. The maximum Gasteiger partial charge on any atom is 0.317 e. The van der Waals surface area contributed by atoms with E-state index in [9.17, 15) is 9.59 Å². The molecule has 0 aromatic rings. The molecule has 0 rings (SSSR count). The quantitative estimate of drug-likeness (QED) is 0.194. The van der Waals surface area contributed by atoms with Gasteiger partial charge in [0.15, 0.2) is 0 Å². The molecule has 0 aromatic heterocycles. The summed E-state index contributed by atoms with van der Waals surface area (Å²) in [6.07, 6.45) is 0. The Balaban J connectivity index is -0.0000000292. The summed E-state index contributed by atoms with van der Waals surface area (Å²) in [7, 11) is 0. The van der Waals surface area contributed by atoms with Gasteiger partial charge in [-0.15, -0.1) is 23.3 Å². The summed E-state index contributed by atoms with van der Waals surface area (Å²) >= 11 is 6.44. The van der Waals surface area contributed by atoms with Crippen molar-refractivity contribution < 1.29 is 61.9 Å². The maximum atomic E-state index is 9.24. The van der Waals surface area contributed by atoms with Crippen LogP contribution >= 0.6 is 23.3 Å². The molecule has 6 nitrogen and oxygen atoms in total. The van der Waals surface area contributed by atoms with E-state index in [-0.39, 0.29) is 55.2 Å². The zero-order chi connectivity index (χ0) is 10.6. The molecule has 0 aliphatic heterocycles. The van der Waals surface area contributed by atoms with Gasteiger partial charge in [0.2, 0.25) is 0 Å². The second-order valence-corrected chi connectivity index (χ2v) is 1.20. The van der Waals surface area contributed by atoms with Crippen molar-refractivity contribution in [3.63, 3.8) is 0 Å². The fraction of sp³-hybridized carbons (Fsp3) is 0.500. The molecule has 0 atom stereocenters. The molecule has 0 heterocycles. The second-order valence-electron chi connectivity index (χ2n) is 1.20. The second kappa shape index (κ2) is 29.2. The first-order valence-electron chi connectivity index (χ1n) is 2.58. The Morgan fingerprint density at radius 3 is 1.00 bits per heavy atom. The van der Waals surface area contributed by atoms with E-state index in [1.165, 1.54) is 0 Å². The normalized spacial score (nSPS) is 5.71. The van der Waals surface area contributed by atoms with Crippen LogP contribution in [0.15, 0.2) is 0 Å². The largest absolute Gasteiger partial charge is 0.480 e. The minimum atomic E-state index is -0.968. The molecule has 0 radical (unpaired) electrons. The number of thiol groups is 2. The summed E-state index contributed by atoms with van der Waals surface area (Å²) in [5, 5.41) is 15.2. The van der Waals surface area contributed by atoms with Crippen molar-refractivity contribution in [2.24, 2.45) is 11.5 Å². The molecule has 10 heteroatoms. The molecule has 0 unspecified atom stereocenters. The fourth-order valence-electron chi connectivity index (χ4n) is 0. The average molecular weight is 408 g/mol. The molecular formula is C4H12Mo2N2O4S2. The van der Waals surface area contributed by atoms with Crippen molar-refractivity contribution in [1.82, 2.24) is 0 Å². The third-order valence-electron chi connectivity index (χ3n) is 0.349. The summed E-state index contributed by atoms with van der Waals surface area (Å²) in [4.78, 5) is 18.5. The van der Waals surface area contributed by atoms with Crippen molar-refractivity contribution >= 4 is 35.3 Å². The molecule has 0 aliphatic rings. The molecule has 6 N–H and O–H groups in total. The van der Waals surface area contributed by atoms with Gasteiger partial charge in [0.1, 0.15) is 0 Å². The number of carboxylic acids is 2. The van der Waals surface area contributed by atoms with Gasteiger partial charge in [-0.3, -0.25) is 9.59 Å². The van der Waals surface area contributed by atoms with Gasteiger partial charge in [0.25, 0.3) is 0 Å². The summed E-state index contributed by atoms with van der Waals surface area (Å²) in [6.45, 7) is -0.556. The van der Waals surface area contributed by atoms with Crippen LogP contribution < -0.4 is 11.5 Å². The van der Waals surface area contributed by atoms with E-state index in [2.05, 4.69) is 34.8 Å². The van der Waals surface area contributed by atoms with Gasteiger partial charge in [-0.25, -0.2) is 0 Å². The number of hydrogen-bond acceptors (Lipinski definition) is 6. The topological polar surface area (TPSA) is 127 Å². The van der Waals surface area contributed by atoms with Gasteiger partial charge in [-0.2, -0.15) is 0 Å². The summed E-state index contributed by atoms with van der Waals surface area (Å²) in [6, 6.07) is 0. The van der Waals surface area contributed by atoms with Crippen LogP contribution in [0.4, 0.5) is 0 Å². The Labute approximate surface area is 121 Å². The van der Waals surface area contributed by atoms with Crippen molar-refractivity contribution in [1.29, 1.82) is 0 Å². The van der Waals surface area contributed by atoms with Crippen molar-refractivity contribution in [3.8, 4) is 0 Å². The first kappa shape index (κ1) is 29.4. The molecule has 14 heavy (non-hydrogen) atoms. The first-order valence-corrected chi connectivity index (χ1v) is 4.18. The smallest absolute Gasteiger partial charge is 0.317 e. The number of carboxylic acid groups (broad SMARTS) is 2. The molecular weight excluding hydrogens is 396 g/mol. The van der Waals surface area contributed by atoms with Crippen LogP contribution in [-0.4, -0.2) is 35.2 Å². The zero-order valence-electron chi connectivity index (χ0n) is 6.99. The Kier molecular flexibility index (Phi) is 61.3. The summed E-state index contributed by atoms with van der Waals surface area (Å²) < 4.78 is 0. The molecule has 0 fully saturated rings. The van der Waals surface area contributed by atoms with Gasteiger partial charge in [-0.05, 0) is 0 Å². The Morgan fingerprint density at radius 2 is 1.00 bits per heavy atom. The van der Waals surface area contributed by atoms with Crippen LogP contribution in [0.5, 0.6) is 0 Å². The van der Waals surface area contributed by atoms with Gasteiger partial charge in [0, 0.05) is 42.1 Å². The van der Waals surface area contributed by atoms with Crippen molar-refractivity contribution in [2.75, 3.05) is 13.1 Å². The van der Waals surface area contributed by atoms with Crippen LogP contribution in [0.1, 0.15) is 0 Å². The number of carbonyl (C=O) groups is 2. The van der Waals surface area contributed by atoms with E-state index >= 15 is 0 Å². The van der Waals surface area contributed by atoms with Crippen molar-refractivity contribution in [3.05, 3.63) is 0 Å². The van der Waals surface area contributed by atoms with Gasteiger partial charge in [-0.1, -0.05) is 0 Å². The zero-order valence-corrected chi connectivity index (χ0v) is 12.8. The van der Waals surface area contributed by atoms with E-state index in [4.69, 9.17) is 10.2 Å². The SMILES string of the molecule is NCC(=O)O.NCC(=O)O.SS.[Mo].[Mo]. The molecule has 0 spiro atoms. The number of rotatable bonds is 2. The van der Waals surface area contributed by atoms with E-state index in [1.807, 2.05) is 0 Å². The monoisotopic (exact) mass is 412 g/mol. The predicted molar refractivity (Wildman–Crippen MR) is 51.4 cm³/mol.